The van der Waals surface area contributed by atoms with Gasteiger partial charge in [0.25, 0.3) is 0 Å². The lowest BCUT2D eigenvalue weighted by Crippen LogP contribution is -2.40. The van der Waals surface area contributed by atoms with Crippen LogP contribution in [0.5, 0.6) is 0 Å². The smallest absolute Gasteiger partial charge is 0.0244 e. The maximum atomic E-state index is 3.61. The summed E-state index contributed by atoms with van der Waals surface area (Å²) >= 11 is 3.61. The van der Waals surface area contributed by atoms with E-state index in [9.17, 15) is 0 Å². The van der Waals surface area contributed by atoms with Crippen LogP contribution >= 0.6 is 15.9 Å². The lowest BCUT2D eigenvalue weighted by Gasteiger charge is -2.31. The third-order valence-corrected chi connectivity index (χ3v) is 4.08. The van der Waals surface area contributed by atoms with E-state index in [2.05, 4.69) is 57.5 Å². The van der Waals surface area contributed by atoms with Crippen LogP contribution in [0.25, 0.3) is 0 Å². The Bertz CT molecular complexity index is 334. The van der Waals surface area contributed by atoms with Crippen molar-refractivity contribution in [2.24, 2.45) is 0 Å². The number of nitrogens with one attached hydrogen (secondary N) is 1. The Morgan fingerprint density at radius 3 is 2.69 bits per heavy atom. The van der Waals surface area contributed by atoms with E-state index in [1.54, 1.807) is 0 Å². The minimum absolute atomic E-state index is 0.730. The Kier molecular flexibility index (Phi) is 4.38. The van der Waals surface area contributed by atoms with E-state index in [4.69, 9.17) is 0 Å². The largest absolute Gasteiger partial charge is 0.317 e. The van der Waals surface area contributed by atoms with E-state index in [1.165, 1.54) is 22.9 Å². The molecule has 0 atom stereocenters. The minimum atomic E-state index is 0.730. The van der Waals surface area contributed by atoms with Crippen LogP contribution in [-0.4, -0.2) is 31.1 Å². The van der Waals surface area contributed by atoms with Crippen LogP contribution in [0.1, 0.15) is 18.4 Å². The van der Waals surface area contributed by atoms with Crippen LogP contribution < -0.4 is 5.32 Å². The van der Waals surface area contributed by atoms with Crippen LogP contribution in [0.15, 0.2) is 28.7 Å². The summed E-state index contributed by atoms with van der Waals surface area (Å²) in [6.45, 7) is 3.35. The molecule has 16 heavy (non-hydrogen) atoms. The first-order valence-electron chi connectivity index (χ1n) is 5.92. The molecule has 0 spiro atoms. The van der Waals surface area contributed by atoms with Crippen molar-refractivity contribution in [2.75, 3.05) is 20.1 Å². The fourth-order valence-electron chi connectivity index (χ4n) is 2.27. The second-order valence-electron chi connectivity index (χ2n) is 4.49. The van der Waals surface area contributed by atoms with Crippen molar-refractivity contribution in [1.82, 2.24) is 10.2 Å². The first-order valence-corrected chi connectivity index (χ1v) is 6.71. The molecule has 1 N–H and O–H groups in total. The molecule has 88 valence electrons. The van der Waals surface area contributed by atoms with E-state index in [-0.39, 0.29) is 0 Å². The number of hydrogen-bond donors (Lipinski definition) is 1. The fraction of sp³-hybridized carbons (Fsp3) is 0.538. The molecule has 0 saturated carbocycles. The molecule has 1 aliphatic heterocycles. The molecule has 1 aliphatic rings. The molecule has 1 aromatic rings. The highest BCUT2D eigenvalue weighted by Crippen LogP contribution is 2.20. The molecule has 2 nitrogen and oxygen atoms in total. The molecule has 0 bridgehead atoms. The van der Waals surface area contributed by atoms with Crippen molar-refractivity contribution < 1.29 is 0 Å². The number of hydrogen-bond acceptors (Lipinski definition) is 2. The van der Waals surface area contributed by atoms with Gasteiger partial charge in [0.2, 0.25) is 0 Å². The molecule has 0 aliphatic carbocycles. The van der Waals surface area contributed by atoms with E-state index < -0.39 is 0 Å². The first-order chi connectivity index (χ1) is 7.77. The Hall–Kier alpha value is -0.380. The Balaban J connectivity index is 1.96. The van der Waals surface area contributed by atoms with Gasteiger partial charge in [-0.2, -0.15) is 0 Å². The summed E-state index contributed by atoms with van der Waals surface area (Å²) in [5, 5.41) is 3.41. The summed E-state index contributed by atoms with van der Waals surface area (Å²) in [5.41, 5.74) is 1.38. The minimum Gasteiger partial charge on any atom is -0.317 e. The van der Waals surface area contributed by atoms with Gasteiger partial charge in [-0.15, -0.1) is 0 Å². The number of halogens is 1. The molecule has 0 unspecified atom stereocenters. The molecule has 0 amide bonds. The SMILES string of the molecule is CN(Cc1ccccc1Br)C1CCNCC1. The molecule has 2 rings (SSSR count). The van der Waals surface area contributed by atoms with Crippen LogP contribution in [0.3, 0.4) is 0 Å². The van der Waals surface area contributed by atoms with Crippen LogP contribution in [-0.2, 0) is 6.54 Å². The van der Waals surface area contributed by atoms with Gasteiger partial charge in [0.05, 0.1) is 0 Å². The molecule has 1 fully saturated rings. The van der Waals surface area contributed by atoms with Crippen molar-refractivity contribution in [3.05, 3.63) is 34.3 Å². The van der Waals surface area contributed by atoms with Crippen molar-refractivity contribution in [3.8, 4) is 0 Å². The zero-order valence-corrected chi connectivity index (χ0v) is 11.3. The number of rotatable bonds is 3. The van der Waals surface area contributed by atoms with Crippen molar-refractivity contribution in [1.29, 1.82) is 0 Å². The van der Waals surface area contributed by atoms with Gasteiger partial charge in [0.15, 0.2) is 0 Å². The maximum absolute atomic E-state index is 3.61. The zero-order valence-electron chi connectivity index (χ0n) is 9.75. The lowest BCUT2D eigenvalue weighted by atomic mass is 10.0. The van der Waals surface area contributed by atoms with Crippen LogP contribution in [0.2, 0.25) is 0 Å². The Morgan fingerprint density at radius 2 is 2.00 bits per heavy atom. The second kappa shape index (κ2) is 5.80. The van der Waals surface area contributed by atoms with Crippen LogP contribution in [0, 0.1) is 0 Å². The summed E-state index contributed by atoms with van der Waals surface area (Å²) in [5.74, 6) is 0. The molecule has 3 heteroatoms. The average Bonchev–Trinajstić information content (AvgIpc) is 2.33. The van der Waals surface area contributed by atoms with Gasteiger partial charge < -0.3 is 5.32 Å². The number of benzene rings is 1. The van der Waals surface area contributed by atoms with Crippen molar-refractivity contribution in [3.63, 3.8) is 0 Å². The lowest BCUT2D eigenvalue weighted by molar-refractivity contribution is 0.191. The zero-order chi connectivity index (χ0) is 11.4. The highest BCUT2D eigenvalue weighted by molar-refractivity contribution is 9.10. The van der Waals surface area contributed by atoms with Gasteiger partial charge in [0, 0.05) is 17.1 Å². The van der Waals surface area contributed by atoms with E-state index in [0.29, 0.717) is 0 Å². The summed E-state index contributed by atoms with van der Waals surface area (Å²) in [4.78, 5) is 2.47. The molecule has 1 saturated heterocycles. The molecule has 0 aromatic heterocycles. The molecule has 1 aromatic carbocycles. The number of nitrogens with zero attached hydrogens (tertiary/aromatic N) is 1. The number of piperidine rings is 1. The van der Waals surface area contributed by atoms with Gasteiger partial charge in [-0.25, -0.2) is 0 Å². The van der Waals surface area contributed by atoms with Crippen molar-refractivity contribution in [2.45, 2.75) is 25.4 Å². The second-order valence-corrected chi connectivity index (χ2v) is 5.34. The highest BCUT2D eigenvalue weighted by atomic mass is 79.9. The van der Waals surface area contributed by atoms with Gasteiger partial charge in [0.1, 0.15) is 0 Å². The third kappa shape index (κ3) is 3.06. The monoisotopic (exact) mass is 282 g/mol. The van der Waals surface area contributed by atoms with Crippen LogP contribution in [0.4, 0.5) is 0 Å². The molecular formula is C13H19BrN2. The first kappa shape index (κ1) is 12.1. The summed E-state index contributed by atoms with van der Waals surface area (Å²) in [7, 11) is 2.23. The van der Waals surface area contributed by atoms with E-state index in [1.807, 2.05) is 0 Å². The maximum Gasteiger partial charge on any atom is 0.0244 e. The summed E-state index contributed by atoms with van der Waals surface area (Å²) in [6, 6.07) is 9.22. The Labute approximate surface area is 106 Å². The van der Waals surface area contributed by atoms with E-state index in [0.717, 1.165) is 25.7 Å². The standard InChI is InChI=1S/C13H19BrN2/c1-16(12-6-8-15-9-7-12)10-11-4-2-3-5-13(11)14/h2-5,12,15H,6-10H2,1H3. The quantitative estimate of drug-likeness (QED) is 0.917. The molecule has 1 heterocycles. The summed E-state index contributed by atoms with van der Waals surface area (Å²) < 4.78 is 1.22. The normalized spacial score (nSPS) is 17.9. The third-order valence-electron chi connectivity index (χ3n) is 3.31. The molecular weight excluding hydrogens is 264 g/mol. The van der Waals surface area contributed by atoms with Crippen molar-refractivity contribution >= 4 is 15.9 Å². The topological polar surface area (TPSA) is 15.3 Å². The van der Waals surface area contributed by atoms with Gasteiger partial charge in [-0.1, -0.05) is 34.1 Å². The Morgan fingerprint density at radius 1 is 1.31 bits per heavy atom. The fourth-order valence-corrected chi connectivity index (χ4v) is 2.68. The molecule has 0 radical (unpaired) electrons. The van der Waals surface area contributed by atoms with Gasteiger partial charge in [-0.3, -0.25) is 4.90 Å². The highest BCUT2D eigenvalue weighted by Gasteiger charge is 2.17. The predicted octanol–water partition coefficient (Wildman–Crippen LogP) is 2.63. The van der Waals surface area contributed by atoms with Gasteiger partial charge >= 0.3 is 0 Å². The van der Waals surface area contributed by atoms with Gasteiger partial charge in [-0.05, 0) is 44.6 Å². The average molecular weight is 283 g/mol. The predicted molar refractivity (Wildman–Crippen MR) is 71.5 cm³/mol. The summed E-state index contributed by atoms with van der Waals surface area (Å²) in [6.07, 6.45) is 2.53. The van der Waals surface area contributed by atoms with E-state index >= 15 is 0 Å².